The molecule has 4 N–H and O–H groups in total. The van der Waals surface area contributed by atoms with E-state index in [0.717, 1.165) is 0 Å². The number of rotatable bonds is 2. The van der Waals surface area contributed by atoms with Crippen LogP contribution in [0.15, 0.2) is 45.2 Å². The molecule has 0 bridgehead atoms. The van der Waals surface area contributed by atoms with Gasteiger partial charge in [-0.15, -0.1) is 0 Å². The van der Waals surface area contributed by atoms with Crippen molar-refractivity contribution in [2.45, 2.75) is 6.42 Å². The Kier molecular flexibility index (Phi) is 2.38. The zero-order chi connectivity index (χ0) is 14.4. The summed E-state index contributed by atoms with van der Waals surface area (Å²) in [7, 11) is 0. The third-order valence-electron chi connectivity index (χ3n) is 3.29. The Bertz CT molecular complexity index is 877. The Balaban J connectivity index is 1.75. The highest BCUT2D eigenvalue weighted by molar-refractivity contribution is 5.86. The number of fused-ring (bicyclic) bond motifs is 2. The zero-order valence-corrected chi connectivity index (χ0v) is 11.0. The molecular weight excluding hydrogens is 268 g/mol. The number of hydrogen-bond donors (Lipinski definition) is 2. The topological polar surface area (TPSA) is 104 Å². The van der Waals surface area contributed by atoms with Gasteiger partial charge in [0.2, 0.25) is 11.8 Å². The summed E-state index contributed by atoms with van der Waals surface area (Å²) in [6.45, 7) is 0. The minimum absolute atomic E-state index is 0.349. The Morgan fingerprint density at radius 1 is 0.762 bits per heavy atom. The first kappa shape index (κ1) is 11.8. The molecule has 0 fully saturated rings. The zero-order valence-electron chi connectivity index (χ0n) is 11.0. The Labute approximate surface area is 119 Å². The van der Waals surface area contributed by atoms with Gasteiger partial charge in [0.25, 0.3) is 0 Å². The second-order valence-corrected chi connectivity index (χ2v) is 4.78. The molecule has 0 saturated heterocycles. The number of nitrogens with zero attached hydrogens (tertiary/aromatic N) is 2. The number of para-hydroxylation sites is 2. The van der Waals surface area contributed by atoms with Crippen molar-refractivity contribution < 1.29 is 8.83 Å². The molecule has 0 spiro atoms. The fourth-order valence-corrected chi connectivity index (χ4v) is 2.31. The molecule has 0 aliphatic carbocycles. The number of benzene rings is 2. The lowest BCUT2D eigenvalue weighted by Crippen LogP contribution is -1.90. The van der Waals surface area contributed by atoms with E-state index < -0.39 is 0 Å². The fourth-order valence-electron chi connectivity index (χ4n) is 2.31. The first-order chi connectivity index (χ1) is 10.2. The van der Waals surface area contributed by atoms with E-state index in [1.165, 1.54) is 0 Å². The van der Waals surface area contributed by atoms with E-state index in [4.69, 9.17) is 20.3 Å². The lowest BCUT2D eigenvalue weighted by Gasteiger charge is -1.89. The van der Waals surface area contributed by atoms with Gasteiger partial charge in [0, 0.05) is 0 Å². The summed E-state index contributed by atoms with van der Waals surface area (Å²) < 4.78 is 11.3. The molecule has 21 heavy (non-hydrogen) atoms. The highest BCUT2D eigenvalue weighted by Crippen LogP contribution is 2.25. The van der Waals surface area contributed by atoms with Gasteiger partial charge in [0.15, 0.2) is 11.2 Å². The number of hydrogen-bond acceptors (Lipinski definition) is 6. The summed E-state index contributed by atoms with van der Waals surface area (Å²) >= 11 is 0. The molecule has 2 aromatic heterocycles. The van der Waals surface area contributed by atoms with Gasteiger partial charge in [0.1, 0.15) is 17.5 Å². The monoisotopic (exact) mass is 280 g/mol. The van der Waals surface area contributed by atoms with Crippen LogP contribution in [0.1, 0.15) is 11.8 Å². The molecule has 2 aromatic carbocycles. The third kappa shape index (κ3) is 1.88. The molecule has 0 amide bonds. The molecule has 0 saturated carbocycles. The highest BCUT2D eigenvalue weighted by Gasteiger charge is 2.13. The van der Waals surface area contributed by atoms with Crippen molar-refractivity contribution in [3.05, 3.63) is 48.2 Å². The Hall–Kier alpha value is -3.02. The first-order valence-corrected chi connectivity index (χ1v) is 6.48. The van der Waals surface area contributed by atoms with Gasteiger partial charge in [-0.25, -0.2) is 9.97 Å². The average Bonchev–Trinajstić information content (AvgIpc) is 3.04. The van der Waals surface area contributed by atoms with E-state index in [9.17, 15) is 0 Å². The smallest absolute Gasteiger partial charge is 0.204 e. The predicted molar refractivity (Wildman–Crippen MR) is 79.6 cm³/mol. The van der Waals surface area contributed by atoms with Gasteiger partial charge >= 0.3 is 0 Å². The second kappa shape index (κ2) is 4.24. The van der Waals surface area contributed by atoms with Crippen LogP contribution >= 0.6 is 0 Å². The largest absolute Gasteiger partial charge is 0.440 e. The highest BCUT2D eigenvalue weighted by atomic mass is 16.4. The lowest BCUT2D eigenvalue weighted by molar-refractivity contribution is 0.488. The van der Waals surface area contributed by atoms with Crippen molar-refractivity contribution >= 4 is 33.6 Å². The first-order valence-electron chi connectivity index (χ1n) is 6.48. The summed E-state index contributed by atoms with van der Waals surface area (Å²) in [5, 5.41) is 0. The van der Waals surface area contributed by atoms with Crippen molar-refractivity contribution in [1.29, 1.82) is 0 Å². The summed E-state index contributed by atoms with van der Waals surface area (Å²) in [6, 6.07) is 10.9. The fraction of sp³-hybridized carbons (Fsp3) is 0.0667. The van der Waals surface area contributed by atoms with Gasteiger partial charge < -0.3 is 20.3 Å². The van der Waals surface area contributed by atoms with Gasteiger partial charge in [-0.2, -0.15) is 0 Å². The van der Waals surface area contributed by atoms with Crippen LogP contribution < -0.4 is 11.5 Å². The summed E-state index contributed by atoms with van der Waals surface area (Å²) in [5.74, 6) is 1.01. The van der Waals surface area contributed by atoms with E-state index in [2.05, 4.69) is 9.97 Å². The molecule has 0 atom stereocenters. The van der Waals surface area contributed by atoms with Crippen LogP contribution in [0, 0.1) is 0 Å². The van der Waals surface area contributed by atoms with Crippen molar-refractivity contribution in [3.8, 4) is 0 Å². The summed E-state index contributed by atoms with van der Waals surface area (Å²) in [4.78, 5) is 8.75. The van der Waals surface area contributed by atoms with E-state index in [-0.39, 0.29) is 0 Å². The van der Waals surface area contributed by atoms with Gasteiger partial charge in [0.05, 0.1) is 11.4 Å². The second-order valence-electron chi connectivity index (χ2n) is 4.78. The van der Waals surface area contributed by atoms with Crippen molar-refractivity contribution in [2.75, 3.05) is 11.5 Å². The number of aromatic nitrogens is 2. The van der Waals surface area contributed by atoms with E-state index in [1.807, 2.05) is 24.3 Å². The molecule has 6 heteroatoms. The average molecular weight is 280 g/mol. The van der Waals surface area contributed by atoms with Crippen LogP contribution in [0.2, 0.25) is 0 Å². The molecule has 0 aliphatic heterocycles. The van der Waals surface area contributed by atoms with Crippen LogP contribution in [0.4, 0.5) is 11.4 Å². The van der Waals surface area contributed by atoms with E-state index in [1.54, 1.807) is 12.1 Å². The molecule has 4 aromatic rings. The third-order valence-corrected chi connectivity index (χ3v) is 3.29. The van der Waals surface area contributed by atoms with Crippen molar-refractivity contribution in [1.82, 2.24) is 9.97 Å². The molecule has 0 aliphatic rings. The van der Waals surface area contributed by atoms with Gasteiger partial charge in [-0.1, -0.05) is 12.1 Å². The number of oxazole rings is 2. The number of nitrogens with two attached hydrogens (primary N) is 2. The normalized spacial score (nSPS) is 11.4. The van der Waals surface area contributed by atoms with Crippen LogP contribution in [-0.2, 0) is 6.42 Å². The molecule has 104 valence electrons. The van der Waals surface area contributed by atoms with Crippen LogP contribution in [0.5, 0.6) is 0 Å². The molecular formula is C15H12N4O2. The molecule has 4 rings (SSSR count). The van der Waals surface area contributed by atoms with E-state index in [0.29, 0.717) is 51.8 Å². The summed E-state index contributed by atoms with van der Waals surface area (Å²) in [5.41, 5.74) is 15.5. The Morgan fingerprint density at radius 2 is 1.24 bits per heavy atom. The number of anilines is 2. The maximum absolute atomic E-state index is 5.87. The minimum atomic E-state index is 0.349. The van der Waals surface area contributed by atoms with Crippen LogP contribution in [0.25, 0.3) is 22.2 Å². The lowest BCUT2D eigenvalue weighted by atomic mass is 10.3. The SMILES string of the molecule is Nc1cccc2oc(Cc3nc4c(N)cccc4o3)nc12. The molecule has 0 unspecified atom stereocenters. The van der Waals surface area contributed by atoms with E-state index >= 15 is 0 Å². The maximum Gasteiger partial charge on any atom is 0.204 e. The number of nitrogen functional groups attached to an aromatic ring is 2. The Morgan fingerprint density at radius 3 is 1.67 bits per heavy atom. The van der Waals surface area contributed by atoms with Gasteiger partial charge in [-0.05, 0) is 24.3 Å². The molecule has 6 nitrogen and oxygen atoms in total. The van der Waals surface area contributed by atoms with Crippen LogP contribution in [0.3, 0.4) is 0 Å². The van der Waals surface area contributed by atoms with Crippen LogP contribution in [-0.4, -0.2) is 9.97 Å². The predicted octanol–water partition coefficient (Wildman–Crippen LogP) is 2.72. The van der Waals surface area contributed by atoms with Crippen molar-refractivity contribution in [2.24, 2.45) is 0 Å². The minimum Gasteiger partial charge on any atom is -0.440 e. The summed E-state index contributed by atoms with van der Waals surface area (Å²) in [6.07, 6.45) is 0.349. The quantitative estimate of drug-likeness (QED) is 0.547. The standard InChI is InChI=1S/C15H12N4O2/c16-8-3-1-5-10-14(8)18-12(20-10)7-13-19-15-9(17)4-2-6-11(15)21-13/h1-6H,7,16-17H2. The van der Waals surface area contributed by atoms with Gasteiger partial charge in [-0.3, -0.25) is 0 Å². The molecule has 2 heterocycles. The molecule has 0 radical (unpaired) electrons. The van der Waals surface area contributed by atoms with Crippen molar-refractivity contribution in [3.63, 3.8) is 0 Å². The maximum atomic E-state index is 5.87.